The van der Waals surface area contributed by atoms with Gasteiger partial charge in [-0.3, -0.25) is 0 Å². The molecule has 3 heteroatoms. The van der Waals surface area contributed by atoms with Crippen molar-refractivity contribution < 1.29 is 9.47 Å². The fourth-order valence-electron chi connectivity index (χ4n) is 10.2. The van der Waals surface area contributed by atoms with Gasteiger partial charge in [-0.2, -0.15) is 11.8 Å². The molecule has 2 fully saturated rings. The molecule has 2 rings (SSSR count). The minimum atomic E-state index is 0.593. The lowest BCUT2D eigenvalue weighted by Crippen LogP contribution is -2.19. The van der Waals surface area contributed by atoms with Crippen molar-refractivity contribution in [1.82, 2.24) is 0 Å². The number of hydrogen-bond acceptors (Lipinski definition) is 3. The van der Waals surface area contributed by atoms with Crippen LogP contribution < -0.4 is 0 Å². The van der Waals surface area contributed by atoms with Crippen molar-refractivity contribution in [2.45, 2.75) is 309 Å². The summed E-state index contributed by atoms with van der Waals surface area (Å²) in [5.41, 5.74) is 0. The van der Waals surface area contributed by atoms with E-state index in [0.29, 0.717) is 12.2 Å². The molecule has 0 radical (unpaired) electrons. The van der Waals surface area contributed by atoms with E-state index in [1.165, 1.54) is 294 Å². The monoisotopic (exact) mass is 819 g/mol. The highest BCUT2D eigenvalue weighted by atomic mass is 32.2. The molecule has 2 nitrogen and oxygen atoms in total. The molecule has 0 saturated carbocycles. The normalized spacial score (nSPS) is 18.2. The van der Waals surface area contributed by atoms with Gasteiger partial charge in [-0.25, -0.2) is 0 Å². The van der Waals surface area contributed by atoms with Crippen LogP contribution in [0.25, 0.3) is 0 Å². The van der Waals surface area contributed by atoms with Crippen LogP contribution >= 0.6 is 11.8 Å². The Bertz CT molecular complexity index is 699. The lowest BCUT2D eigenvalue weighted by molar-refractivity contribution is 0.0537. The van der Waals surface area contributed by atoms with Crippen LogP contribution in [0.1, 0.15) is 296 Å². The first-order chi connectivity index (χ1) is 28.3. The zero-order chi connectivity index (χ0) is 40.4. The molecule has 0 bridgehead atoms. The summed E-state index contributed by atoms with van der Waals surface area (Å²) < 4.78 is 12.3. The molecule has 4 atom stereocenters. The lowest BCUT2D eigenvalue weighted by atomic mass is 9.88. The molecule has 0 spiro atoms. The number of ether oxygens (including phenoxy) is 2. The maximum absolute atomic E-state index is 6.14. The highest BCUT2D eigenvalue weighted by Crippen LogP contribution is 2.31. The SMILES string of the molecule is CCCCCCCCC(CCCCCCCCCCCCCCSCCCCCCCCCCCCCCC(CCCCCCCC)C1CCCO1)C1CCCO1. The second kappa shape index (κ2) is 42.9. The molecule has 4 unspecified atom stereocenters. The standard InChI is InChI=1S/C54H106O2S/c1-3-5-7-9-27-33-41-51(53-45-39-47-55-53)43-35-29-23-19-15-11-13-17-21-25-31-37-49-57-50-38-32-26-22-18-14-12-16-20-24-30-36-44-52(54-46-40-48-56-54)42-34-28-10-8-6-4-2/h51-54H,3-50H2,1-2H3. The van der Waals surface area contributed by atoms with E-state index in [9.17, 15) is 0 Å². The van der Waals surface area contributed by atoms with Crippen LogP contribution in [-0.2, 0) is 9.47 Å². The van der Waals surface area contributed by atoms with Crippen molar-refractivity contribution >= 4 is 11.8 Å². The summed E-state index contributed by atoms with van der Waals surface area (Å²) in [5.74, 6) is 4.51. The van der Waals surface area contributed by atoms with Crippen LogP contribution in [0.4, 0.5) is 0 Å². The van der Waals surface area contributed by atoms with Crippen LogP contribution in [0.5, 0.6) is 0 Å². The van der Waals surface area contributed by atoms with Crippen LogP contribution in [0.3, 0.4) is 0 Å². The fraction of sp³-hybridized carbons (Fsp3) is 1.00. The average Bonchev–Trinajstić information content (AvgIpc) is 3.97. The molecule has 2 aliphatic heterocycles. The van der Waals surface area contributed by atoms with E-state index < -0.39 is 0 Å². The summed E-state index contributed by atoms with van der Waals surface area (Å²) in [6.07, 6.45) is 64.5. The minimum Gasteiger partial charge on any atom is -0.378 e. The molecule has 57 heavy (non-hydrogen) atoms. The van der Waals surface area contributed by atoms with Gasteiger partial charge in [-0.05, 0) is 87.5 Å². The first kappa shape index (κ1) is 53.4. The molecule has 0 aromatic carbocycles. The Labute approximate surface area is 364 Å². The molecular weight excluding hydrogens is 713 g/mol. The van der Waals surface area contributed by atoms with Crippen LogP contribution in [-0.4, -0.2) is 36.9 Å². The largest absolute Gasteiger partial charge is 0.378 e. The third-order valence-electron chi connectivity index (χ3n) is 14.1. The van der Waals surface area contributed by atoms with E-state index in [1.54, 1.807) is 0 Å². The molecule has 340 valence electrons. The Balaban J connectivity index is 1.23. The first-order valence-corrected chi connectivity index (χ1v) is 28.3. The summed E-state index contributed by atoms with van der Waals surface area (Å²) in [4.78, 5) is 0. The summed E-state index contributed by atoms with van der Waals surface area (Å²) >= 11 is 2.23. The molecule has 0 N–H and O–H groups in total. The van der Waals surface area contributed by atoms with Gasteiger partial charge in [0.1, 0.15) is 0 Å². The summed E-state index contributed by atoms with van der Waals surface area (Å²) in [6, 6.07) is 0. The van der Waals surface area contributed by atoms with E-state index in [2.05, 4.69) is 25.6 Å². The van der Waals surface area contributed by atoms with E-state index >= 15 is 0 Å². The molecule has 0 aromatic rings. The Morgan fingerprint density at radius 2 is 0.579 bits per heavy atom. The predicted octanol–water partition coefficient (Wildman–Crippen LogP) is 19.0. The minimum absolute atomic E-state index is 0.593. The first-order valence-electron chi connectivity index (χ1n) is 27.2. The second-order valence-electron chi connectivity index (χ2n) is 19.4. The molecule has 0 aliphatic carbocycles. The van der Waals surface area contributed by atoms with Crippen LogP contribution in [0.15, 0.2) is 0 Å². The van der Waals surface area contributed by atoms with Gasteiger partial charge in [0.05, 0.1) is 12.2 Å². The topological polar surface area (TPSA) is 18.5 Å². The van der Waals surface area contributed by atoms with Crippen molar-refractivity contribution in [3.63, 3.8) is 0 Å². The molecule has 2 saturated heterocycles. The summed E-state index contributed by atoms with van der Waals surface area (Å²) in [6.45, 7) is 6.68. The molecule has 0 aromatic heterocycles. The maximum atomic E-state index is 6.14. The number of unbranched alkanes of at least 4 members (excludes halogenated alkanes) is 32. The molecule has 0 amide bonds. The van der Waals surface area contributed by atoms with Gasteiger partial charge in [0.15, 0.2) is 0 Å². The van der Waals surface area contributed by atoms with Crippen LogP contribution in [0.2, 0.25) is 0 Å². The number of hydrogen-bond donors (Lipinski definition) is 0. The fourth-order valence-corrected chi connectivity index (χ4v) is 11.2. The Hall–Kier alpha value is 0.270. The van der Waals surface area contributed by atoms with Crippen molar-refractivity contribution in [1.29, 1.82) is 0 Å². The average molecular weight is 820 g/mol. The quantitative estimate of drug-likeness (QED) is 0.0570. The van der Waals surface area contributed by atoms with Gasteiger partial charge >= 0.3 is 0 Å². The van der Waals surface area contributed by atoms with Crippen LogP contribution in [0, 0.1) is 11.8 Å². The molecule has 2 heterocycles. The van der Waals surface area contributed by atoms with Crippen molar-refractivity contribution in [3.8, 4) is 0 Å². The van der Waals surface area contributed by atoms with Gasteiger partial charge in [0.2, 0.25) is 0 Å². The van der Waals surface area contributed by atoms with Gasteiger partial charge in [0.25, 0.3) is 0 Å². The molecule has 2 aliphatic rings. The van der Waals surface area contributed by atoms with Crippen molar-refractivity contribution in [3.05, 3.63) is 0 Å². The zero-order valence-corrected chi connectivity index (χ0v) is 40.3. The third kappa shape index (κ3) is 33.6. The lowest BCUT2D eigenvalue weighted by Gasteiger charge is -2.23. The highest BCUT2D eigenvalue weighted by molar-refractivity contribution is 7.99. The Morgan fingerprint density at radius 1 is 0.333 bits per heavy atom. The number of thioether (sulfide) groups is 1. The van der Waals surface area contributed by atoms with E-state index in [4.69, 9.17) is 9.47 Å². The van der Waals surface area contributed by atoms with Gasteiger partial charge in [-0.15, -0.1) is 0 Å². The third-order valence-corrected chi connectivity index (χ3v) is 15.2. The van der Waals surface area contributed by atoms with Crippen molar-refractivity contribution in [2.24, 2.45) is 11.8 Å². The van der Waals surface area contributed by atoms with Gasteiger partial charge < -0.3 is 9.47 Å². The maximum Gasteiger partial charge on any atom is 0.0604 e. The Kier molecular flexibility index (Phi) is 40.2. The Morgan fingerprint density at radius 3 is 0.825 bits per heavy atom. The van der Waals surface area contributed by atoms with Gasteiger partial charge in [0, 0.05) is 13.2 Å². The highest BCUT2D eigenvalue weighted by Gasteiger charge is 2.26. The second-order valence-corrected chi connectivity index (χ2v) is 20.6. The zero-order valence-electron chi connectivity index (χ0n) is 39.5. The predicted molar refractivity (Wildman–Crippen MR) is 258 cm³/mol. The molecular formula is C54H106O2S. The van der Waals surface area contributed by atoms with Gasteiger partial charge in [-0.1, -0.05) is 232 Å². The summed E-state index contributed by atoms with van der Waals surface area (Å²) in [5, 5.41) is 0. The van der Waals surface area contributed by atoms with Crippen molar-refractivity contribution in [2.75, 3.05) is 24.7 Å². The van der Waals surface area contributed by atoms with E-state index in [0.717, 1.165) is 25.0 Å². The smallest absolute Gasteiger partial charge is 0.0604 e. The number of rotatable bonds is 46. The van der Waals surface area contributed by atoms with E-state index in [1.807, 2.05) is 0 Å². The summed E-state index contributed by atoms with van der Waals surface area (Å²) in [7, 11) is 0. The van der Waals surface area contributed by atoms with E-state index in [-0.39, 0.29) is 0 Å².